The van der Waals surface area contributed by atoms with Gasteiger partial charge in [-0.3, -0.25) is 0 Å². The molecule has 0 spiro atoms. The number of urea groups is 1. The second kappa shape index (κ2) is 6.83. The van der Waals surface area contributed by atoms with Gasteiger partial charge in [-0.2, -0.15) is 0 Å². The van der Waals surface area contributed by atoms with Crippen LogP contribution < -0.4 is 15.8 Å². The van der Waals surface area contributed by atoms with Crippen LogP contribution in [0.1, 0.15) is 17.2 Å². The summed E-state index contributed by atoms with van der Waals surface area (Å²) in [6, 6.07) is 10.7. The van der Waals surface area contributed by atoms with Gasteiger partial charge in [-0.05, 0) is 29.7 Å². The van der Waals surface area contributed by atoms with E-state index in [-0.39, 0.29) is 0 Å². The molecule has 1 unspecified atom stereocenters. The Morgan fingerprint density at radius 1 is 1.17 bits per heavy atom. The smallest absolute Gasteiger partial charge is 0.330 e. The molecule has 0 aliphatic carbocycles. The summed E-state index contributed by atoms with van der Waals surface area (Å²) in [7, 11) is 1.51. The van der Waals surface area contributed by atoms with Crippen molar-refractivity contribution in [3.8, 4) is 16.9 Å². The van der Waals surface area contributed by atoms with Crippen LogP contribution in [0.25, 0.3) is 11.1 Å². The van der Waals surface area contributed by atoms with Crippen molar-refractivity contribution in [1.82, 2.24) is 5.32 Å². The van der Waals surface area contributed by atoms with Crippen LogP contribution in [0.2, 0.25) is 0 Å². The fourth-order valence-electron chi connectivity index (χ4n) is 2.41. The number of hydrogen-bond donors (Lipinski definition) is 3. The quantitative estimate of drug-likeness (QED) is 0.789. The number of rotatable bonds is 5. The zero-order valence-electron chi connectivity index (χ0n) is 12.9. The Morgan fingerprint density at radius 2 is 1.87 bits per heavy atom. The molecule has 6 nitrogen and oxygen atoms in total. The highest BCUT2D eigenvalue weighted by Gasteiger charge is 2.22. The summed E-state index contributed by atoms with van der Waals surface area (Å²) in [4.78, 5) is 22.3. The van der Waals surface area contributed by atoms with Crippen molar-refractivity contribution in [2.75, 3.05) is 7.11 Å². The van der Waals surface area contributed by atoms with Crippen LogP contribution in [0.3, 0.4) is 0 Å². The van der Waals surface area contributed by atoms with Gasteiger partial charge in [-0.25, -0.2) is 9.59 Å². The Hall–Kier alpha value is -3.02. The predicted molar refractivity (Wildman–Crippen MR) is 86.3 cm³/mol. The molecule has 0 radical (unpaired) electrons. The highest BCUT2D eigenvalue weighted by molar-refractivity contribution is 5.83. The number of amides is 2. The summed E-state index contributed by atoms with van der Waals surface area (Å²) in [6.45, 7) is 1.98. The first kappa shape index (κ1) is 16.4. The maximum absolute atomic E-state index is 11.3. The molecule has 0 heterocycles. The molecule has 2 rings (SSSR count). The van der Waals surface area contributed by atoms with E-state index in [1.165, 1.54) is 7.11 Å². The second-order valence-corrected chi connectivity index (χ2v) is 5.05. The van der Waals surface area contributed by atoms with Crippen LogP contribution in [-0.2, 0) is 4.79 Å². The van der Waals surface area contributed by atoms with Crippen LogP contribution in [0, 0.1) is 6.92 Å². The predicted octanol–water partition coefficient (Wildman–Crippen LogP) is 2.46. The highest BCUT2D eigenvalue weighted by atomic mass is 16.5. The van der Waals surface area contributed by atoms with E-state index in [2.05, 4.69) is 5.32 Å². The van der Waals surface area contributed by atoms with Crippen molar-refractivity contribution >= 4 is 12.0 Å². The Kier molecular flexibility index (Phi) is 4.85. The molecule has 6 heteroatoms. The van der Waals surface area contributed by atoms with E-state index in [4.69, 9.17) is 10.5 Å². The molecule has 0 aromatic heterocycles. The minimum absolute atomic E-state index is 0.380. The molecule has 120 valence electrons. The van der Waals surface area contributed by atoms with E-state index in [9.17, 15) is 14.7 Å². The summed E-state index contributed by atoms with van der Waals surface area (Å²) < 4.78 is 5.39. The van der Waals surface area contributed by atoms with Crippen molar-refractivity contribution in [2.45, 2.75) is 13.0 Å². The number of carbonyl (C=O) groups is 2. The molecule has 0 saturated carbocycles. The van der Waals surface area contributed by atoms with Crippen LogP contribution in [0.4, 0.5) is 4.79 Å². The van der Waals surface area contributed by atoms with E-state index >= 15 is 0 Å². The lowest BCUT2D eigenvalue weighted by atomic mass is 9.96. The number of nitrogens with two attached hydrogens (primary N) is 1. The van der Waals surface area contributed by atoms with Crippen molar-refractivity contribution in [3.63, 3.8) is 0 Å². The maximum atomic E-state index is 11.3. The van der Waals surface area contributed by atoms with Gasteiger partial charge in [0, 0.05) is 5.56 Å². The second-order valence-electron chi connectivity index (χ2n) is 5.05. The Balaban J connectivity index is 2.49. The zero-order chi connectivity index (χ0) is 17.0. The first-order valence-electron chi connectivity index (χ1n) is 6.96. The van der Waals surface area contributed by atoms with E-state index in [0.717, 1.165) is 16.7 Å². The number of methoxy groups -OCH3 is 1. The molecule has 1 atom stereocenters. The van der Waals surface area contributed by atoms with Crippen LogP contribution in [0.5, 0.6) is 5.75 Å². The van der Waals surface area contributed by atoms with Crippen LogP contribution in [0.15, 0.2) is 42.5 Å². The molecule has 0 aliphatic rings. The monoisotopic (exact) mass is 314 g/mol. The van der Waals surface area contributed by atoms with E-state index in [0.29, 0.717) is 11.3 Å². The van der Waals surface area contributed by atoms with Gasteiger partial charge < -0.3 is 20.9 Å². The number of aryl methyl sites for hydroxylation is 1. The standard InChI is InChI=1S/C17H18N2O4/c1-10-5-3-4-6-12(10)13-8-7-11(9-14(13)23-2)15(16(20)21)19-17(18)22/h3-9,15H,1-2H3,(H,20,21)(H3,18,19,22). The first-order valence-corrected chi connectivity index (χ1v) is 6.96. The van der Waals surface area contributed by atoms with Crippen molar-refractivity contribution in [3.05, 3.63) is 53.6 Å². The molecule has 0 bridgehead atoms. The number of carboxylic acids is 1. The van der Waals surface area contributed by atoms with Gasteiger partial charge in [0.25, 0.3) is 0 Å². The molecule has 4 N–H and O–H groups in total. The fourth-order valence-corrected chi connectivity index (χ4v) is 2.41. The van der Waals surface area contributed by atoms with Crippen LogP contribution in [-0.4, -0.2) is 24.2 Å². The largest absolute Gasteiger partial charge is 0.496 e. The van der Waals surface area contributed by atoms with Crippen molar-refractivity contribution < 1.29 is 19.4 Å². The van der Waals surface area contributed by atoms with Gasteiger partial charge in [0.05, 0.1) is 7.11 Å². The lowest BCUT2D eigenvalue weighted by Crippen LogP contribution is -2.37. The van der Waals surface area contributed by atoms with E-state index in [1.807, 2.05) is 31.2 Å². The third-order valence-corrected chi connectivity index (χ3v) is 3.53. The average Bonchev–Trinajstić information content (AvgIpc) is 2.52. The summed E-state index contributed by atoms with van der Waals surface area (Å²) >= 11 is 0. The van der Waals surface area contributed by atoms with Gasteiger partial charge in [0.2, 0.25) is 0 Å². The molecular weight excluding hydrogens is 296 g/mol. The molecular formula is C17H18N2O4. The first-order chi connectivity index (χ1) is 10.9. The Labute approximate surface area is 133 Å². The third-order valence-electron chi connectivity index (χ3n) is 3.53. The van der Waals surface area contributed by atoms with Crippen molar-refractivity contribution in [1.29, 1.82) is 0 Å². The number of hydrogen-bond acceptors (Lipinski definition) is 3. The lowest BCUT2D eigenvalue weighted by Gasteiger charge is -2.17. The molecule has 0 saturated heterocycles. The summed E-state index contributed by atoms with van der Waals surface area (Å²) in [6.07, 6.45) is 0. The van der Waals surface area contributed by atoms with Gasteiger partial charge >= 0.3 is 12.0 Å². The number of aliphatic carboxylic acids is 1. The molecule has 23 heavy (non-hydrogen) atoms. The van der Waals surface area contributed by atoms with Gasteiger partial charge in [0.15, 0.2) is 6.04 Å². The molecule has 0 aliphatic heterocycles. The number of carboxylic acid groups (broad SMARTS) is 1. The van der Waals surface area contributed by atoms with E-state index in [1.54, 1.807) is 18.2 Å². The zero-order valence-corrected chi connectivity index (χ0v) is 12.9. The Bertz CT molecular complexity index is 743. The molecule has 2 aromatic rings. The van der Waals surface area contributed by atoms with Gasteiger partial charge in [-0.1, -0.05) is 36.4 Å². The number of ether oxygens (including phenoxy) is 1. The SMILES string of the molecule is COc1cc(C(NC(N)=O)C(=O)O)ccc1-c1ccccc1C. The topological polar surface area (TPSA) is 102 Å². The number of benzene rings is 2. The number of carbonyl (C=O) groups excluding carboxylic acids is 1. The van der Waals surface area contributed by atoms with Crippen LogP contribution >= 0.6 is 0 Å². The number of primary amides is 1. The minimum Gasteiger partial charge on any atom is -0.496 e. The summed E-state index contributed by atoms with van der Waals surface area (Å²) in [5, 5.41) is 11.5. The van der Waals surface area contributed by atoms with Gasteiger partial charge in [-0.15, -0.1) is 0 Å². The summed E-state index contributed by atoms with van der Waals surface area (Å²) in [5.74, 6) is -0.677. The molecule has 0 fully saturated rings. The molecule has 2 amide bonds. The highest BCUT2D eigenvalue weighted by Crippen LogP contribution is 2.34. The van der Waals surface area contributed by atoms with Gasteiger partial charge in [0.1, 0.15) is 5.75 Å². The Morgan fingerprint density at radius 3 is 2.43 bits per heavy atom. The normalized spacial score (nSPS) is 11.6. The molecule has 2 aromatic carbocycles. The number of nitrogens with one attached hydrogen (secondary N) is 1. The lowest BCUT2D eigenvalue weighted by molar-refractivity contribution is -0.139. The van der Waals surface area contributed by atoms with E-state index < -0.39 is 18.0 Å². The minimum atomic E-state index is -1.23. The summed E-state index contributed by atoms with van der Waals surface area (Å²) in [5.41, 5.74) is 8.32. The maximum Gasteiger partial charge on any atom is 0.330 e. The fraction of sp³-hybridized carbons (Fsp3) is 0.176. The third kappa shape index (κ3) is 3.60. The van der Waals surface area contributed by atoms with Crippen molar-refractivity contribution in [2.24, 2.45) is 5.73 Å². The average molecular weight is 314 g/mol.